The van der Waals surface area contributed by atoms with Gasteiger partial charge >= 0.3 is 6.18 Å². The monoisotopic (exact) mass is 466 g/mol. The number of rotatable bonds is 4. The fraction of sp³-hybridized carbons (Fsp3) is 0.182. The Labute approximate surface area is 184 Å². The average molecular weight is 467 g/mol. The molecule has 0 saturated carbocycles. The highest BCUT2D eigenvalue weighted by Gasteiger charge is 2.35. The number of fused-ring (bicyclic) bond motifs is 1. The summed E-state index contributed by atoms with van der Waals surface area (Å²) in [5.41, 5.74) is -0.813. The lowest BCUT2D eigenvalue weighted by Crippen LogP contribution is -2.16. The van der Waals surface area contributed by atoms with Crippen molar-refractivity contribution in [1.82, 2.24) is 4.98 Å². The van der Waals surface area contributed by atoms with Crippen LogP contribution in [-0.4, -0.2) is 10.9 Å². The first-order chi connectivity index (χ1) is 15.1. The minimum atomic E-state index is -4.79. The smallest absolute Gasteiger partial charge is 0.417 e. The first-order valence-corrected chi connectivity index (χ1v) is 9.90. The third kappa shape index (κ3) is 4.34. The largest absolute Gasteiger partial charge is 0.456 e. The second-order valence-electron chi connectivity index (χ2n) is 7.18. The van der Waals surface area contributed by atoms with Gasteiger partial charge in [0, 0.05) is 23.5 Å². The van der Waals surface area contributed by atoms with Crippen molar-refractivity contribution in [1.29, 1.82) is 0 Å². The summed E-state index contributed by atoms with van der Waals surface area (Å²) >= 11 is 5.82. The summed E-state index contributed by atoms with van der Waals surface area (Å²) in [4.78, 5) is 26.7. The van der Waals surface area contributed by atoms with Crippen molar-refractivity contribution in [3.05, 3.63) is 86.0 Å². The Morgan fingerprint density at radius 3 is 2.53 bits per heavy atom. The summed E-state index contributed by atoms with van der Waals surface area (Å²) < 4.78 is 60.1. The molecule has 32 heavy (non-hydrogen) atoms. The number of benzene rings is 2. The lowest BCUT2D eigenvalue weighted by atomic mass is 10.1. The molecule has 10 heteroatoms. The highest BCUT2D eigenvalue weighted by Crippen LogP contribution is 2.42. The van der Waals surface area contributed by atoms with Gasteiger partial charge in [-0.1, -0.05) is 11.6 Å². The molecule has 5 nitrogen and oxygen atoms in total. The Hall–Kier alpha value is -3.33. The summed E-state index contributed by atoms with van der Waals surface area (Å²) in [5.74, 6) is -1.48. The van der Waals surface area contributed by atoms with Crippen molar-refractivity contribution in [2.45, 2.75) is 25.4 Å². The van der Waals surface area contributed by atoms with Crippen molar-refractivity contribution >= 4 is 23.2 Å². The van der Waals surface area contributed by atoms with Gasteiger partial charge in [-0.25, -0.2) is 4.39 Å². The third-order valence-electron chi connectivity index (χ3n) is 5.06. The van der Waals surface area contributed by atoms with Crippen molar-refractivity contribution in [3.63, 3.8) is 0 Å². The maximum absolute atomic E-state index is 14.1. The van der Waals surface area contributed by atoms with E-state index in [0.29, 0.717) is 36.5 Å². The molecular formula is C22H15ClF4N2O3. The van der Waals surface area contributed by atoms with Gasteiger partial charge in [0.05, 0.1) is 16.1 Å². The van der Waals surface area contributed by atoms with Gasteiger partial charge in [-0.05, 0) is 55.2 Å². The number of halogens is 5. The van der Waals surface area contributed by atoms with E-state index in [-0.39, 0.29) is 17.0 Å². The van der Waals surface area contributed by atoms with Gasteiger partial charge in [-0.2, -0.15) is 13.2 Å². The molecule has 1 aliphatic rings. The van der Waals surface area contributed by atoms with E-state index in [1.807, 2.05) is 0 Å². The number of hydrogen-bond acceptors (Lipinski definition) is 3. The number of pyridine rings is 1. The number of carbonyl (C=O) groups is 1. The minimum absolute atomic E-state index is 0.128. The Balaban J connectivity index is 1.78. The Morgan fingerprint density at radius 2 is 1.81 bits per heavy atom. The molecule has 0 fully saturated rings. The molecule has 0 unspecified atom stereocenters. The number of hydrogen-bond donors (Lipinski definition) is 2. The second kappa shape index (κ2) is 8.31. The van der Waals surface area contributed by atoms with Crippen molar-refractivity contribution < 1.29 is 27.1 Å². The van der Waals surface area contributed by atoms with E-state index in [1.165, 1.54) is 24.4 Å². The standard InChI is InChI=1S/C22H15ClF4N2O3/c23-16-9-14(21(31)29-11-6-7-28-20(30)8-11)19(10-15(16)22(25,26)27)32-18-5-4-17(24)12-2-1-3-13(12)18/h4-10H,1-3H2,(H2,28,29,30,31). The van der Waals surface area contributed by atoms with Crippen LogP contribution >= 0.6 is 11.6 Å². The number of alkyl halides is 3. The van der Waals surface area contributed by atoms with E-state index < -0.39 is 39.8 Å². The van der Waals surface area contributed by atoms with Crippen LogP contribution in [0.5, 0.6) is 11.5 Å². The zero-order valence-corrected chi connectivity index (χ0v) is 17.0. The van der Waals surface area contributed by atoms with Gasteiger partial charge in [-0.3, -0.25) is 9.59 Å². The van der Waals surface area contributed by atoms with Crippen LogP contribution in [0.1, 0.15) is 33.5 Å². The molecule has 1 heterocycles. The van der Waals surface area contributed by atoms with Crippen LogP contribution in [0.3, 0.4) is 0 Å². The van der Waals surface area contributed by atoms with Gasteiger partial charge in [0.15, 0.2) is 0 Å². The molecular weight excluding hydrogens is 452 g/mol. The van der Waals surface area contributed by atoms with Crippen LogP contribution in [0.25, 0.3) is 0 Å². The molecule has 4 rings (SSSR count). The molecule has 0 aliphatic heterocycles. The van der Waals surface area contributed by atoms with Gasteiger partial charge in [0.25, 0.3) is 5.91 Å². The van der Waals surface area contributed by atoms with Crippen LogP contribution in [-0.2, 0) is 19.0 Å². The van der Waals surface area contributed by atoms with Crippen LogP contribution in [0, 0.1) is 5.82 Å². The second-order valence-corrected chi connectivity index (χ2v) is 7.59. The topological polar surface area (TPSA) is 71.2 Å². The van der Waals surface area contributed by atoms with Crippen LogP contribution < -0.4 is 15.6 Å². The molecule has 0 radical (unpaired) electrons. The van der Waals surface area contributed by atoms with Crippen LogP contribution in [0.2, 0.25) is 5.02 Å². The SMILES string of the molecule is O=C(Nc1cc[nH]c(=O)c1)c1cc(Cl)c(C(F)(F)F)cc1Oc1ccc(F)c2c1CCC2. The van der Waals surface area contributed by atoms with Crippen LogP contribution in [0.4, 0.5) is 23.2 Å². The minimum Gasteiger partial charge on any atom is -0.456 e. The molecule has 0 bridgehead atoms. The third-order valence-corrected chi connectivity index (χ3v) is 5.37. The van der Waals surface area contributed by atoms with E-state index in [1.54, 1.807) is 0 Å². The Bertz CT molecular complexity index is 1270. The average Bonchev–Trinajstić information content (AvgIpc) is 3.21. The Morgan fingerprint density at radius 1 is 1.06 bits per heavy atom. The quantitative estimate of drug-likeness (QED) is 0.483. The van der Waals surface area contributed by atoms with Gasteiger partial charge in [-0.15, -0.1) is 0 Å². The van der Waals surface area contributed by atoms with Gasteiger partial charge < -0.3 is 15.0 Å². The summed E-state index contributed by atoms with van der Waals surface area (Å²) in [7, 11) is 0. The number of aromatic amines is 1. The van der Waals surface area contributed by atoms with E-state index in [2.05, 4.69) is 10.3 Å². The van der Waals surface area contributed by atoms with Gasteiger partial charge in [0.1, 0.15) is 17.3 Å². The molecule has 3 aromatic rings. The van der Waals surface area contributed by atoms with E-state index in [4.69, 9.17) is 16.3 Å². The highest BCUT2D eigenvalue weighted by molar-refractivity contribution is 6.32. The molecule has 1 aliphatic carbocycles. The predicted molar refractivity (Wildman–Crippen MR) is 110 cm³/mol. The summed E-state index contributed by atoms with van der Waals surface area (Å²) in [6.45, 7) is 0. The molecule has 2 N–H and O–H groups in total. The number of ether oxygens (including phenoxy) is 1. The van der Waals surface area contributed by atoms with Crippen molar-refractivity contribution in [3.8, 4) is 11.5 Å². The highest BCUT2D eigenvalue weighted by atomic mass is 35.5. The first kappa shape index (κ1) is 21.9. The van der Waals surface area contributed by atoms with Crippen molar-refractivity contribution in [2.24, 2.45) is 0 Å². The number of carbonyl (C=O) groups excluding carboxylic acids is 1. The lowest BCUT2D eigenvalue weighted by molar-refractivity contribution is -0.137. The molecule has 2 aromatic carbocycles. The molecule has 1 aromatic heterocycles. The molecule has 0 saturated heterocycles. The number of nitrogens with one attached hydrogen (secondary N) is 2. The maximum atomic E-state index is 14.1. The van der Waals surface area contributed by atoms with Gasteiger partial charge in [0.2, 0.25) is 5.56 Å². The zero-order chi connectivity index (χ0) is 23.0. The normalized spacial score (nSPS) is 13.0. The van der Waals surface area contributed by atoms with Crippen LogP contribution in [0.15, 0.2) is 47.4 Å². The molecule has 166 valence electrons. The van der Waals surface area contributed by atoms with E-state index in [0.717, 1.165) is 12.1 Å². The molecule has 0 spiro atoms. The first-order valence-electron chi connectivity index (χ1n) is 9.52. The number of anilines is 1. The Kier molecular flexibility index (Phi) is 5.68. The fourth-order valence-electron chi connectivity index (χ4n) is 3.60. The summed E-state index contributed by atoms with van der Waals surface area (Å²) in [5, 5.41) is 1.74. The number of aromatic nitrogens is 1. The molecule has 1 amide bonds. The molecule has 0 atom stereocenters. The lowest BCUT2D eigenvalue weighted by Gasteiger charge is -2.17. The fourth-order valence-corrected chi connectivity index (χ4v) is 3.87. The summed E-state index contributed by atoms with van der Waals surface area (Å²) in [6.07, 6.45) is -1.82. The van der Waals surface area contributed by atoms with Crippen molar-refractivity contribution in [2.75, 3.05) is 5.32 Å². The van der Waals surface area contributed by atoms with E-state index in [9.17, 15) is 27.2 Å². The predicted octanol–water partition coefficient (Wildman–Crippen LogP) is 5.72. The zero-order valence-electron chi connectivity index (χ0n) is 16.3. The summed E-state index contributed by atoms with van der Waals surface area (Å²) in [6, 6.07) is 6.50. The number of H-pyrrole nitrogens is 1. The maximum Gasteiger partial charge on any atom is 0.417 e. The number of amides is 1. The van der Waals surface area contributed by atoms with E-state index >= 15 is 0 Å².